The van der Waals surface area contributed by atoms with E-state index in [2.05, 4.69) is 6.92 Å². The van der Waals surface area contributed by atoms with Crippen LogP contribution in [-0.4, -0.2) is 5.78 Å². The molecule has 0 saturated heterocycles. The van der Waals surface area contributed by atoms with E-state index < -0.39 is 0 Å². The number of ketones is 1. The number of benzene rings is 1. The molecule has 0 spiro atoms. The molecule has 18 heavy (non-hydrogen) atoms. The van der Waals surface area contributed by atoms with Gasteiger partial charge in [0.05, 0.1) is 0 Å². The highest BCUT2D eigenvalue weighted by molar-refractivity contribution is 5.97. The number of carbonyl (C=O) groups excluding carboxylic acids is 1. The van der Waals surface area contributed by atoms with E-state index in [0.717, 1.165) is 24.3 Å². The van der Waals surface area contributed by atoms with Crippen molar-refractivity contribution in [1.29, 1.82) is 0 Å². The van der Waals surface area contributed by atoms with Crippen molar-refractivity contribution in [2.24, 2.45) is 11.8 Å². The molecule has 0 N–H and O–H groups in total. The first-order chi connectivity index (χ1) is 8.81. The van der Waals surface area contributed by atoms with Gasteiger partial charge in [0.2, 0.25) is 0 Å². The van der Waals surface area contributed by atoms with E-state index in [9.17, 15) is 4.79 Å². The molecule has 0 aliphatic heterocycles. The van der Waals surface area contributed by atoms with Crippen molar-refractivity contribution in [3.63, 3.8) is 0 Å². The molecule has 98 valence electrons. The molecule has 0 aromatic heterocycles. The second-order valence-corrected chi connectivity index (χ2v) is 5.59. The fraction of sp³-hybridized carbons (Fsp3) is 0.588. The van der Waals surface area contributed by atoms with Crippen LogP contribution in [0.5, 0.6) is 0 Å². The molecule has 1 aromatic carbocycles. The SMILES string of the molecule is CCCCC1CCC(C(=O)c2ccccc2)CC1. The maximum atomic E-state index is 12.3. The summed E-state index contributed by atoms with van der Waals surface area (Å²) in [5.74, 6) is 1.53. The lowest BCUT2D eigenvalue weighted by Crippen LogP contribution is -2.22. The molecule has 0 bridgehead atoms. The fourth-order valence-electron chi connectivity index (χ4n) is 3.04. The van der Waals surface area contributed by atoms with Crippen LogP contribution in [0.1, 0.15) is 62.2 Å². The lowest BCUT2D eigenvalue weighted by Gasteiger charge is -2.27. The van der Waals surface area contributed by atoms with E-state index >= 15 is 0 Å². The van der Waals surface area contributed by atoms with Crippen LogP contribution in [0.2, 0.25) is 0 Å². The summed E-state index contributed by atoms with van der Waals surface area (Å²) in [5.41, 5.74) is 0.898. The fourth-order valence-corrected chi connectivity index (χ4v) is 3.04. The molecule has 1 aliphatic rings. The highest BCUT2D eigenvalue weighted by Gasteiger charge is 2.26. The summed E-state index contributed by atoms with van der Waals surface area (Å²) in [5, 5.41) is 0. The Kier molecular flexibility index (Phi) is 4.98. The first kappa shape index (κ1) is 13.3. The average Bonchev–Trinajstić information content (AvgIpc) is 2.46. The van der Waals surface area contributed by atoms with Crippen molar-refractivity contribution in [3.8, 4) is 0 Å². The third-order valence-electron chi connectivity index (χ3n) is 4.24. The zero-order valence-corrected chi connectivity index (χ0v) is 11.4. The maximum Gasteiger partial charge on any atom is 0.165 e. The Morgan fingerprint density at radius 2 is 1.78 bits per heavy atom. The first-order valence-corrected chi connectivity index (χ1v) is 7.40. The van der Waals surface area contributed by atoms with E-state index in [0.29, 0.717) is 5.78 Å². The summed E-state index contributed by atoms with van der Waals surface area (Å²) in [7, 11) is 0. The Morgan fingerprint density at radius 1 is 1.11 bits per heavy atom. The molecule has 1 nitrogen and oxygen atoms in total. The lowest BCUT2D eigenvalue weighted by molar-refractivity contribution is 0.0869. The van der Waals surface area contributed by atoms with E-state index in [4.69, 9.17) is 0 Å². The van der Waals surface area contributed by atoms with Gasteiger partial charge in [-0.05, 0) is 31.6 Å². The molecular weight excluding hydrogens is 220 g/mol. The van der Waals surface area contributed by atoms with Crippen molar-refractivity contribution in [3.05, 3.63) is 35.9 Å². The summed E-state index contributed by atoms with van der Waals surface area (Å²) in [4.78, 5) is 12.3. The number of Topliss-reactive ketones (excluding diaryl/α,β-unsaturated/α-hetero) is 1. The highest BCUT2D eigenvalue weighted by Crippen LogP contribution is 2.33. The minimum absolute atomic E-state index is 0.283. The van der Waals surface area contributed by atoms with E-state index in [-0.39, 0.29) is 5.92 Å². The van der Waals surface area contributed by atoms with Crippen molar-refractivity contribution >= 4 is 5.78 Å². The van der Waals surface area contributed by atoms with Gasteiger partial charge in [0.1, 0.15) is 0 Å². The van der Waals surface area contributed by atoms with Crippen LogP contribution in [0.4, 0.5) is 0 Å². The molecule has 0 atom stereocenters. The van der Waals surface area contributed by atoms with Gasteiger partial charge in [0.25, 0.3) is 0 Å². The number of rotatable bonds is 5. The lowest BCUT2D eigenvalue weighted by atomic mass is 9.77. The summed E-state index contributed by atoms with van der Waals surface area (Å²) in [6, 6.07) is 9.79. The van der Waals surface area contributed by atoms with Crippen LogP contribution in [-0.2, 0) is 0 Å². The largest absolute Gasteiger partial charge is 0.294 e. The predicted octanol–water partition coefficient (Wildman–Crippen LogP) is 4.87. The Bertz CT molecular complexity index is 360. The van der Waals surface area contributed by atoms with Gasteiger partial charge < -0.3 is 0 Å². The van der Waals surface area contributed by atoms with Crippen molar-refractivity contribution in [1.82, 2.24) is 0 Å². The third kappa shape index (κ3) is 3.44. The Balaban J connectivity index is 1.84. The normalized spacial score (nSPS) is 23.8. The number of hydrogen-bond donors (Lipinski definition) is 0. The molecule has 1 heteroatoms. The van der Waals surface area contributed by atoms with Crippen LogP contribution < -0.4 is 0 Å². The molecule has 0 amide bonds. The van der Waals surface area contributed by atoms with Crippen molar-refractivity contribution in [2.75, 3.05) is 0 Å². The number of carbonyl (C=O) groups is 1. The molecule has 0 unspecified atom stereocenters. The van der Waals surface area contributed by atoms with Gasteiger partial charge in [-0.3, -0.25) is 4.79 Å². The van der Waals surface area contributed by atoms with Crippen LogP contribution in [0.15, 0.2) is 30.3 Å². The summed E-state index contributed by atoms with van der Waals surface area (Å²) >= 11 is 0. The molecule has 0 heterocycles. The molecule has 1 saturated carbocycles. The van der Waals surface area contributed by atoms with Gasteiger partial charge in [-0.1, -0.05) is 56.5 Å². The quantitative estimate of drug-likeness (QED) is 0.676. The van der Waals surface area contributed by atoms with Crippen LogP contribution in [0, 0.1) is 11.8 Å². The summed E-state index contributed by atoms with van der Waals surface area (Å²) < 4.78 is 0. The van der Waals surface area contributed by atoms with E-state index in [1.807, 2.05) is 30.3 Å². The molecular formula is C17H24O. The molecule has 2 rings (SSSR count). The molecule has 0 radical (unpaired) electrons. The molecule has 1 aromatic rings. The smallest absolute Gasteiger partial charge is 0.165 e. The Labute approximate surface area is 111 Å². The molecule has 1 fully saturated rings. The minimum Gasteiger partial charge on any atom is -0.294 e. The van der Waals surface area contributed by atoms with Crippen LogP contribution in [0.3, 0.4) is 0 Å². The standard InChI is InChI=1S/C17H24O/c1-2-3-7-14-10-12-16(13-11-14)17(18)15-8-5-4-6-9-15/h4-6,8-9,14,16H,2-3,7,10-13H2,1H3. The predicted molar refractivity (Wildman–Crippen MR) is 75.7 cm³/mol. The number of unbranched alkanes of at least 4 members (excludes halogenated alkanes) is 1. The molecule has 1 aliphatic carbocycles. The van der Waals surface area contributed by atoms with E-state index in [1.54, 1.807) is 0 Å². The zero-order chi connectivity index (χ0) is 12.8. The Hall–Kier alpha value is -1.11. The summed E-state index contributed by atoms with van der Waals surface area (Å²) in [6.07, 6.45) is 8.71. The number of hydrogen-bond acceptors (Lipinski definition) is 1. The first-order valence-electron chi connectivity index (χ1n) is 7.40. The van der Waals surface area contributed by atoms with Crippen LogP contribution in [0.25, 0.3) is 0 Å². The van der Waals surface area contributed by atoms with E-state index in [1.165, 1.54) is 32.1 Å². The second kappa shape index (κ2) is 6.72. The summed E-state index contributed by atoms with van der Waals surface area (Å²) in [6.45, 7) is 2.25. The zero-order valence-electron chi connectivity index (χ0n) is 11.4. The van der Waals surface area contributed by atoms with Gasteiger partial charge >= 0.3 is 0 Å². The van der Waals surface area contributed by atoms with Gasteiger partial charge in [-0.2, -0.15) is 0 Å². The third-order valence-corrected chi connectivity index (χ3v) is 4.24. The Morgan fingerprint density at radius 3 is 2.39 bits per heavy atom. The van der Waals surface area contributed by atoms with Crippen molar-refractivity contribution in [2.45, 2.75) is 51.9 Å². The second-order valence-electron chi connectivity index (χ2n) is 5.59. The average molecular weight is 244 g/mol. The van der Waals surface area contributed by atoms with Crippen LogP contribution >= 0.6 is 0 Å². The monoisotopic (exact) mass is 244 g/mol. The van der Waals surface area contributed by atoms with Gasteiger partial charge in [0, 0.05) is 11.5 Å². The van der Waals surface area contributed by atoms with Gasteiger partial charge in [-0.15, -0.1) is 0 Å². The maximum absolute atomic E-state index is 12.3. The van der Waals surface area contributed by atoms with Gasteiger partial charge in [0.15, 0.2) is 5.78 Å². The minimum atomic E-state index is 0.283. The highest BCUT2D eigenvalue weighted by atomic mass is 16.1. The van der Waals surface area contributed by atoms with Crippen molar-refractivity contribution < 1.29 is 4.79 Å². The topological polar surface area (TPSA) is 17.1 Å². The van der Waals surface area contributed by atoms with Gasteiger partial charge in [-0.25, -0.2) is 0 Å².